The van der Waals surface area contributed by atoms with Crippen LogP contribution in [-0.4, -0.2) is 50.0 Å². The van der Waals surface area contributed by atoms with Crippen molar-refractivity contribution in [2.45, 2.75) is 63.7 Å². The molecule has 0 N–H and O–H groups in total. The van der Waals surface area contributed by atoms with Crippen LogP contribution in [-0.2, 0) is 21.3 Å². The third-order valence-electron chi connectivity index (χ3n) is 3.83. The summed E-state index contributed by atoms with van der Waals surface area (Å²) in [6, 6.07) is 7.32. The number of hydrogen-bond acceptors (Lipinski definition) is 4. The van der Waals surface area contributed by atoms with Gasteiger partial charge in [-0.25, -0.2) is 0 Å². The van der Waals surface area contributed by atoms with Crippen LogP contribution < -0.4 is 4.18 Å². The monoisotopic (exact) mass is 350 g/mol. The van der Waals surface area contributed by atoms with Gasteiger partial charge in [-0.3, -0.25) is 0 Å². The van der Waals surface area contributed by atoms with Crippen LogP contribution in [0.4, 0.5) is 0 Å². The molecule has 126 valence electrons. The van der Waals surface area contributed by atoms with Crippen LogP contribution in [0.15, 0.2) is 24.3 Å². The van der Waals surface area contributed by atoms with Gasteiger partial charge in [-0.05, 0) is 30.5 Å². The molecular weight excluding hydrogens is 323 g/mol. The zero-order chi connectivity index (χ0) is 15.8. The van der Waals surface area contributed by atoms with Gasteiger partial charge in [-0.1, -0.05) is 57.6 Å². The van der Waals surface area contributed by atoms with Crippen molar-refractivity contribution in [3.63, 3.8) is 0 Å². The molecule has 1 fully saturated rings. The van der Waals surface area contributed by atoms with E-state index in [2.05, 4.69) is 6.92 Å². The SMILES string of the molecule is CCCCCCCCCc1ccc(OS(=O)(=O)C2CO2)cc1.[NaH]. The van der Waals surface area contributed by atoms with Crippen molar-refractivity contribution in [1.82, 2.24) is 0 Å². The van der Waals surface area contributed by atoms with Gasteiger partial charge in [-0.15, -0.1) is 0 Å². The van der Waals surface area contributed by atoms with Crippen molar-refractivity contribution in [1.29, 1.82) is 0 Å². The second kappa shape index (κ2) is 10.7. The van der Waals surface area contributed by atoms with Crippen LogP contribution in [0.2, 0.25) is 0 Å². The maximum atomic E-state index is 11.6. The fourth-order valence-electron chi connectivity index (χ4n) is 2.39. The molecule has 1 saturated heterocycles. The van der Waals surface area contributed by atoms with Crippen molar-refractivity contribution >= 4 is 39.7 Å². The first kappa shape index (κ1) is 21.0. The molecule has 0 bridgehead atoms. The summed E-state index contributed by atoms with van der Waals surface area (Å²) >= 11 is 0. The average molecular weight is 350 g/mol. The molecule has 1 unspecified atom stereocenters. The Kier molecular flexibility index (Phi) is 9.78. The third-order valence-corrected chi connectivity index (χ3v) is 5.17. The molecule has 0 aromatic heterocycles. The van der Waals surface area contributed by atoms with E-state index in [0.29, 0.717) is 5.75 Å². The van der Waals surface area contributed by atoms with Gasteiger partial charge in [-0.2, -0.15) is 8.42 Å². The molecule has 1 atom stereocenters. The Morgan fingerprint density at radius 2 is 1.61 bits per heavy atom. The Balaban J connectivity index is 0.00000264. The second-order valence-corrected chi connectivity index (χ2v) is 7.53. The first-order valence-corrected chi connectivity index (χ1v) is 9.73. The summed E-state index contributed by atoms with van der Waals surface area (Å²) in [6.07, 6.45) is 10.1. The minimum atomic E-state index is -3.61. The van der Waals surface area contributed by atoms with Crippen LogP contribution in [0, 0.1) is 0 Å². The van der Waals surface area contributed by atoms with Crippen LogP contribution >= 0.6 is 0 Å². The van der Waals surface area contributed by atoms with E-state index in [-0.39, 0.29) is 36.2 Å². The predicted molar refractivity (Wildman–Crippen MR) is 94.6 cm³/mol. The Morgan fingerprint density at radius 3 is 2.17 bits per heavy atom. The number of ether oxygens (including phenoxy) is 1. The van der Waals surface area contributed by atoms with E-state index in [0.717, 1.165) is 6.42 Å². The molecule has 1 aliphatic heterocycles. The summed E-state index contributed by atoms with van der Waals surface area (Å²) in [4.78, 5) is 0. The summed E-state index contributed by atoms with van der Waals surface area (Å²) in [5.41, 5.74) is 0.445. The van der Waals surface area contributed by atoms with Crippen molar-refractivity contribution < 1.29 is 17.3 Å². The second-order valence-electron chi connectivity index (χ2n) is 5.85. The number of unbranched alkanes of at least 4 members (excludes halogenated alkanes) is 6. The van der Waals surface area contributed by atoms with E-state index in [1.807, 2.05) is 12.1 Å². The minimum absolute atomic E-state index is 0. The van der Waals surface area contributed by atoms with Crippen LogP contribution in [0.3, 0.4) is 0 Å². The first-order valence-electron chi connectivity index (χ1n) is 8.25. The molecule has 0 aliphatic carbocycles. The van der Waals surface area contributed by atoms with E-state index in [9.17, 15) is 8.42 Å². The van der Waals surface area contributed by atoms with E-state index in [1.165, 1.54) is 50.5 Å². The number of rotatable bonds is 11. The summed E-state index contributed by atoms with van der Waals surface area (Å²) in [7, 11) is -3.61. The molecule has 0 radical (unpaired) electrons. The van der Waals surface area contributed by atoms with E-state index in [4.69, 9.17) is 8.92 Å². The van der Waals surface area contributed by atoms with Gasteiger partial charge in [0.15, 0.2) is 0 Å². The molecule has 1 aliphatic rings. The Hall–Kier alpha value is -0.0700. The van der Waals surface area contributed by atoms with Crippen molar-refractivity contribution in [2.75, 3.05) is 6.61 Å². The quantitative estimate of drug-likeness (QED) is 0.266. The molecule has 1 aromatic carbocycles. The molecule has 0 amide bonds. The van der Waals surface area contributed by atoms with Crippen molar-refractivity contribution in [3.8, 4) is 5.75 Å². The van der Waals surface area contributed by atoms with Crippen LogP contribution in [0.1, 0.15) is 57.4 Å². The van der Waals surface area contributed by atoms with E-state index in [1.54, 1.807) is 12.1 Å². The molecular formula is C17H27NaO4S. The van der Waals surface area contributed by atoms with Gasteiger partial charge in [0.2, 0.25) is 5.44 Å². The summed E-state index contributed by atoms with van der Waals surface area (Å²) < 4.78 is 33.0. The van der Waals surface area contributed by atoms with Gasteiger partial charge in [0.25, 0.3) is 0 Å². The molecule has 1 heterocycles. The molecule has 6 heteroatoms. The number of benzene rings is 1. The van der Waals surface area contributed by atoms with E-state index < -0.39 is 15.6 Å². The van der Waals surface area contributed by atoms with Crippen molar-refractivity contribution in [3.05, 3.63) is 29.8 Å². The Bertz CT molecular complexity index is 538. The van der Waals surface area contributed by atoms with Crippen molar-refractivity contribution in [2.24, 2.45) is 0 Å². The van der Waals surface area contributed by atoms with Crippen LogP contribution in [0.5, 0.6) is 5.75 Å². The number of epoxide rings is 1. The van der Waals surface area contributed by atoms with E-state index >= 15 is 0 Å². The number of aryl methyl sites for hydroxylation is 1. The third kappa shape index (κ3) is 8.03. The predicted octanol–water partition coefficient (Wildman–Crippen LogP) is 3.40. The number of hydrogen-bond donors (Lipinski definition) is 0. The molecule has 2 rings (SSSR count). The molecule has 1 aromatic rings. The molecule has 0 saturated carbocycles. The zero-order valence-electron chi connectivity index (χ0n) is 13.3. The van der Waals surface area contributed by atoms with Gasteiger partial charge in [0, 0.05) is 0 Å². The maximum absolute atomic E-state index is 11.6. The zero-order valence-corrected chi connectivity index (χ0v) is 14.1. The molecule has 4 nitrogen and oxygen atoms in total. The fourth-order valence-corrected chi connectivity index (χ4v) is 3.29. The Labute approximate surface area is 162 Å². The summed E-state index contributed by atoms with van der Waals surface area (Å²) in [6.45, 7) is 2.47. The summed E-state index contributed by atoms with van der Waals surface area (Å²) in [5.74, 6) is 0.360. The topological polar surface area (TPSA) is 55.9 Å². The average Bonchev–Trinajstić information content (AvgIpc) is 3.33. The van der Waals surface area contributed by atoms with Gasteiger partial charge in [0.05, 0.1) is 6.61 Å². The Morgan fingerprint density at radius 1 is 1.04 bits per heavy atom. The van der Waals surface area contributed by atoms with Gasteiger partial charge < -0.3 is 8.92 Å². The molecule has 23 heavy (non-hydrogen) atoms. The fraction of sp³-hybridized carbons (Fsp3) is 0.647. The summed E-state index contributed by atoms with van der Waals surface area (Å²) in [5, 5.41) is 0. The van der Waals surface area contributed by atoms with Gasteiger partial charge in [0.1, 0.15) is 5.75 Å². The standard InChI is InChI=1S/C17H26O4S.Na.H/c1-2-3-4-5-6-7-8-9-15-10-12-16(13-11-15)21-22(18,19)17-14-20-17;;/h10-13,17H,2-9,14H2,1H3;;. The molecule has 0 spiro atoms. The normalized spacial score (nSPS) is 16.7. The van der Waals surface area contributed by atoms with Crippen LogP contribution in [0.25, 0.3) is 0 Å². The first-order chi connectivity index (χ1) is 10.6. The van der Waals surface area contributed by atoms with Gasteiger partial charge >= 0.3 is 39.7 Å².